The maximum absolute atomic E-state index is 11.4. The quantitative estimate of drug-likeness (QED) is 0.658. The Kier molecular flexibility index (Phi) is 5.20. The molecule has 0 bridgehead atoms. The SMILES string of the molecule is COC(=O)CN[C@@H](c1ccccc1)c1ccc(Cl)cc1N. The molecule has 2 aromatic carbocycles. The zero-order chi connectivity index (χ0) is 15.2. The van der Waals surface area contributed by atoms with Crippen LogP contribution < -0.4 is 11.1 Å². The Morgan fingerprint density at radius 2 is 2.00 bits per heavy atom. The van der Waals surface area contributed by atoms with Gasteiger partial charge < -0.3 is 10.5 Å². The van der Waals surface area contributed by atoms with Crippen molar-refractivity contribution < 1.29 is 9.53 Å². The molecule has 0 spiro atoms. The van der Waals surface area contributed by atoms with Crippen LogP contribution in [-0.2, 0) is 9.53 Å². The number of anilines is 1. The summed E-state index contributed by atoms with van der Waals surface area (Å²) in [4.78, 5) is 11.4. The number of methoxy groups -OCH3 is 1. The Morgan fingerprint density at radius 3 is 2.62 bits per heavy atom. The van der Waals surface area contributed by atoms with Crippen molar-refractivity contribution in [3.05, 3.63) is 64.7 Å². The highest BCUT2D eigenvalue weighted by Gasteiger charge is 2.17. The van der Waals surface area contributed by atoms with E-state index in [-0.39, 0.29) is 18.6 Å². The van der Waals surface area contributed by atoms with Crippen LogP contribution in [0.3, 0.4) is 0 Å². The first kappa shape index (κ1) is 15.4. The number of hydrogen-bond acceptors (Lipinski definition) is 4. The van der Waals surface area contributed by atoms with Crippen LogP contribution in [0.2, 0.25) is 5.02 Å². The lowest BCUT2D eigenvalue weighted by molar-refractivity contribution is -0.139. The van der Waals surface area contributed by atoms with Crippen molar-refractivity contribution in [1.29, 1.82) is 0 Å². The fourth-order valence-electron chi connectivity index (χ4n) is 2.12. The summed E-state index contributed by atoms with van der Waals surface area (Å²) in [6.07, 6.45) is 0. The Balaban J connectivity index is 2.33. The third-order valence-corrected chi connectivity index (χ3v) is 3.41. The first-order valence-corrected chi connectivity index (χ1v) is 6.89. The molecule has 0 saturated carbocycles. The van der Waals surface area contributed by atoms with E-state index in [4.69, 9.17) is 17.3 Å². The van der Waals surface area contributed by atoms with E-state index in [1.807, 2.05) is 36.4 Å². The maximum atomic E-state index is 11.4. The number of nitrogens with one attached hydrogen (secondary N) is 1. The Bertz CT molecular complexity index is 617. The molecule has 0 aliphatic rings. The molecule has 0 aliphatic carbocycles. The molecule has 0 heterocycles. The molecule has 1 atom stereocenters. The second-order valence-electron chi connectivity index (χ2n) is 4.57. The molecule has 0 unspecified atom stereocenters. The van der Waals surface area contributed by atoms with Crippen molar-refractivity contribution in [2.45, 2.75) is 6.04 Å². The highest BCUT2D eigenvalue weighted by molar-refractivity contribution is 6.30. The summed E-state index contributed by atoms with van der Waals surface area (Å²) in [7, 11) is 1.36. The molecule has 0 aliphatic heterocycles. The van der Waals surface area contributed by atoms with E-state index in [0.717, 1.165) is 11.1 Å². The van der Waals surface area contributed by atoms with E-state index < -0.39 is 0 Å². The van der Waals surface area contributed by atoms with Crippen molar-refractivity contribution in [2.24, 2.45) is 0 Å². The minimum atomic E-state index is -0.330. The first-order valence-electron chi connectivity index (χ1n) is 6.52. The summed E-state index contributed by atoms with van der Waals surface area (Å²) in [5.74, 6) is -0.330. The van der Waals surface area contributed by atoms with E-state index in [1.165, 1.54) is 7.11 Å². The van der Waals surface area contributed by atoms with Gasteiger partial charge in [-0.15, -0.1) is 0 Å². The van der Waals surface area contributed by atoms with Crippen LogP contribution in [0.15, 0.2) is 48.5 Å². The maximum Gasteiger partial charge on any atom is 0.319 e. The highest BCUT2D eigenvalue weighted by atomic mass is 35.5. The lowest BCUT2D eigenvalue weighted by Gasteiger charge is -2.21. The zero-order valence-electron chi connectivity index (χ0n) is 11.7. The van der Waals surface area contributed by atoms with Crippen LogP contribution in [0.4, 0.5) is 5.69 Å². The summed E-state index contributed by atoms with van der Waals surface area (Å²) in [6, 6.07) is 14.9. The smallest absolute Gasteiger partial charge is 0.319 e. The van der Waals surface area contributed by atoms with Crippen LogP contribution in [-0.4, -0.2) is 19.6 Å². The average Bonchev–Trinajstić information content (AvgIpc) is 2.50. The predicted molar refractivity (Wildman–Crippen MR) is 84.2 cm³/mol. The number of nitrogens with two attached hydrogens (primary N) is 1. The Morgan fingerprint density at radius 1 is 1.29 bits per heavy atom. The fraction of sp³-hybridized carbons (Fsp3) is 0.188. The van der Waals surface area contributed by atoms with Crippen LogP contribution in [0.5, 0.6) is 0 Å². The van der Waals surface area contributed by atoms with Gasteiger partial charge in [0.15, 0.2) is 0 Å². The van der Waals surface area contributed by atoms with Crippen LogP contribution >= 0.6 is 11.6 Å². The molecule has 4 nitrogen and oxygen atoms in total. The van der Waals surface area contributed by atoms with Gasteiger partial charge in [-0.2, -0.15) is 0 Å². The molecule has 0 saturated heterocycles. The number of carbonyl (C=O) groups excluding carboxylic acids is 1. The molecule has 0 aromatic heterocycles. The van der Waals surface area contributed by atoms with E-state index >= 15 is 0 Å². The Labute approximate surface area is 128 Å². The van der Waals surface area contributed by atoms with Crippen molar-refractivity contribution in [3.63, 3.8) is 0 Å². The molecule has 2 rings (SSSR count). The minimum absolute atomic E-state index is 0.0954. The molecule has 3 N–H and O–H groups in total. The molecule has 5 heteroatoms. The molecule has 0 amide bonds. The van der Waals surface area contributed by atoms with Gasteiger partial charge in [0.05, 0.1) is 19.7 Å². The number of benzene rings is 2. The molecule has 0 radical (unpaired) electrons. The summed E-state index contributed by atoms with van der Waals surface area (Å²) in [6.45, 7) is 0.0954. The number of nitrogen functional groups attached to an aromatic ring is 1. The van der Waals surface area contributed by atoms with Gasteiger partial charge in [0.2, 0.25) is 0 Å². The van der Waals surface area contributed by atoms with E-state index in [1.54, 1.807) is 12.1 Å². The van der Waals surface area contributed by atoms with Gasteiger partial charge in [-0.3, -0.25) is 10.1 Å². The summed E-state index contributed by atoms with van der Waals surface area (Å²) >= 11 is 5.94. The largest absolute Gasteiger partial charge is 0.468 e. The van der Waals surface area contributed by atoms with Gasteiger partial charge in [-0.1, -0.05) is 48.0 Å². The van der Waals surface area contributed by atoms with E-state index in [2.05, 4.69) is 10.1 Å². The number of rotatable bonds is 5. The number of hydrogen-bond donors (Lipinski definition) is 2. The molecule has 0 fully saturated rings. The van der Waals surface area contributed by atoms with Gasteiger partial charge in [-0.25, -0.2) is 0 Å². The van der Waals surface area contributed by atoms with Crippen molar-refractivity contribution in [2.75, 3.05) is 19.4 Å². The van der Waals surface area contributed by atoms with Crippen LogP contribution in [0, 0.1) is 0 Å². The first-order chi connectivity index (χ1) is 10.1. The second kappa shape index (κ2) is 7.11. The summed E-state index contributed by atoms with van der Waals surface area (Å²) in [5.41, 5.74) is 8.51. The van der Waals surface area contributed by atoms with Crippen molar-refractivity contribution in [1.82, 2.24) is 5.32 Å². The summed E-state index contributed by atoms with van der Waals surface area (Å²) in [5, 5.41) is 3.75. The number of halogens is 1. The third kappa shape index (κ3) is 3.97. The van der Waals surface area contributed by atoms with E-state index in [9.17, 15) is 4.79 Å². The average molecular weight is 305 g/mol. The molecular weight excluding hydrogens is 288 g/mol. The second-order valence-corrected chi connectivity index (χ2v) is 5.01. The molecule has 110 valence electrons. The number of ether oxygens (including phenoxy) is 1. The lowest BCUT2D eigenvalue weighted by Crippen LogP contribution is -2.29. The van der Waals surface area contributed by atoms with Gasteiger partial charge >= 0.3 is 5.97 Å². The van der Waals surface area contributed by atoms with Crippen molar-refractivity contribution >= 4 is 23.3 Å². The predicted octanol–water partition coefficient (Wildman–Crippen LogP) is 2.77. The molecule has 2 aromatic rings. The molecule has 21 heavy (non-hydrogen) atoms. The zero-order valence-corrected chi connectivity index (χ0v) is 12.4. The van der Waals surface area contributed by atoms with Crippen LogP contribution in [0.1, 0.15) is 17.2 Å². The molecular formula is C16H17ClN2O2. The lowest BCUT2D eigenvalue weighted by atomic mass is 9.97. The van der Waals surface area contributed by atoms with Crippen LogP contribution in [0.25, 0.3) is 0 Å². The minimum Gasteiger partial charge on any atom is -0.468 e. The summed E-state index contributed by atoms with van der Waals surface area (Å²) < 4.78 is 4.67. The van der Waals surface area contributed by atoms with Gasteiger partial charge in [-0.05, 0) is 23.3 Å². The standard InChI is InChI=1S/C16H17ClN2O2/c1-21-15(20)10-19-16(11-5-3-2-4-6-11)13-8-7-12(17)9-14(13)18/h2-9,16,19H,10,18H2,1H3/t16-/m0/s1. The van der Waals surface area contributed by atoms with E-state index in [0.29, 0.717) is 10.7 Å². The van der Waals surface area contributed by atoms with Gasteiger partial charge in [0.25, 0.3) is 0 Å². The highest BCUT2D eigenvalue weighted by Crippen LogP contribution is 2.28. The third-order valence-electron chi connectivity index (χ3n) is 3.17. The monoisotopic (exact) mass is 304 g/mol. The van der Waals surface area contributed by atoms with Gasteiger partial charge in [0, 0.05) is 10.7 Å². The van der Waals surface area contributed by atoms with Crippen molar-refractivity contribution in [3.8, 4) is 0 Å². The van der Waals surface area contributed by atoms with Gasteiger partial charge in [0.1, 0.15) is 0 Å². The normalized spacial score (nSPS) is 11.9. The Hall–Kier alpha value is -2.04. The fourth-order valence-corrected chi connectivity index (χ4v) is 2.30. The topological polar surface area (TPSA) is 64.3 Å². The number of esters is 1. The number of carbonyl (C=O) groups is 1.